The summed E-state index contributed by atoms with van der Waals surface area (Å²) >= 11 is 0. The van der Waals surface area contributed by atoms with Gasteiger partial charge < -0.3 is 23.7 Å². The van der Waals surface area contributed by atoms with Gasteiger partial charge in [-0.15, -0.1) is 0 Å². The number of methoxy groups -OCH3 is 1. The second kappa shape index (κ2) is 18.5. The van der Waals surface area contributed by atoms with Crippen LogP contribution in [0.5, 0.6) is 0 Å². The second-order valence-corrected chi connectivity index (χ2v) is 12.2. The number of carbonyl (C=O) groups excluding carboxylic acids is 2. The summed E-state index contributed by atoms with van der Waals surface area (Å²) in [4.78, 5) is 27.8. The zero-order valence-electron chi connectivity index (χ0n) is 28.1. The summed E-state index contributed by atoms with van der Waals surface area (Å²) in [5, 5.41) is 1.23. The summed E-state index contributed by atoms with van der Waals surface area (Å²) in [6.45, 7) is 16.5. The van der Waals surface area contributed by atoms with E-state index in [-0.39, 0.29) is 11.5 Å². The zero-order chi connectivity index (χ0) is 32.7. The van der Waals surface area contributed by atoms with Gasteiger partial charge >= 0.3 is 0 Å². The lowest BCUT2D eigenvalue weighted by atomic mass is 9.84. The minimum Gasteiger partial charge on any atom is -0.467 e. The number of hydrazine groups is 1. The first-order chi connectivity index (χ1) is 21.8. The number of nitrogens with one attached hydrogen (secondary N) is 2. The summed E-state index contributed by atoms with van der Waals surface area (Å²) in [5.41, 5.74) is 11.7. The molecule has 1 unspecified atom stereocenters. The molecule has 3 aromatic rings. The van der Waals surface area contributed by atoms with Crippen LogP contribution in [0.1, 0.15) is 77.7 Å². The number of fused-ring (bicyclic) bond motifs is 1. The van der Waals surface area contributed by atoms with Gasteiger partial charge in [0.1, 0.15) is 0 Å². The van der Waals surface area contributed by atoms with E-state index in [9.17, 15) is 9.59 Å². The average Bonchev–Trinajstić information content (AvgIpc) is 3.37. The lowest BCUT2D eigenvalue weighted by molar-refractivity contribution is -0.131. The van der Waals surface area contributed by atoms with Crippen LogP contribution in [-0.2, 0) is 36.8 Å². The van der Waals surface area contributed by atoms with Crippen molar-refractivity contribution < 1.29 is 23.8 Å². The Bertz CT molecular complexity index is 1340. The van der Waals surface area contributed by atoms with Crippen LogP contribution in [0.3, 0.4) is 0 Å². The Hall–Kier alpha value is -3.47. The van der Waals surface area contributed by atoms with Crippen LogP contribution in [-0.4, -0.2) is 69.0 Å². The Labute approximate surface area is 268 Å². The maximum Gasteiger partial charge on any atom is 0.293 e. The van der Waals surface area contributed by atoms with Crippen LogP contribution in [0.25, 0.3) is 22.2 Å². The quantitative estimate of drug-likeness (QED) is 0.110. The number of benzene rings is 1. The number of amides is 1. The summed E-state index contributed by atoms with van der Waals surface area (Å²) in [6.07, 6.45) is 7.99. The number of hydrogen-bond donors (Lipinski definition) is 2. The fourth-order valence-corrected chi connectivity index (χ4v) is 5.84. The maximum absolute atomic E-state index is 11.0. The first kappa shape index (κ1) is 36.0. The smallest absolute Gasteiger partial charge is 0.293 e. The number of unbranched alkanes of at least 4 members (excludes halogenated alkanes) is 3. The highest BCUT2D eigenvalue weighted by Gasteiger charge is 2.28. The number of aryl methyl sites for hydroxylation is 1. The van der Waals surface area contributed by atoms with Gasteiger partial charge in [0.15, 0.2) is 0 Å². The monoisotopic (exact) mass is 623 g/mol. The Morgan fingerprint density at radius 2 is 1.89 bits per heavy atom. The van der Waals surface area contributed by atoms with Crippen molar-refractivity contribution in [1.29, 1.82) is 0 Å². The molecule has 4 rings (SSSR count). The van der Waals surface area contributed by atoms with Crippen molar-refractivity contribution >= 4 is 29.5 Å². The fraction of sp³-hybridized carbons (Fsp3) is 0.571. The molecule has 1 atom stereocenters. The summed E-state index contributed by atoms with van der Waals surface area (Å²) < 4.78 is 18.9. The van der Waals surface area contributed by atoms with Crippen molar-refractivity contribution in [2.24, 2.45) is 5.41 Å². The summed E-state index contributed by atoms with van der Waals surface area (Å²) in [6, 6.07) is 10.9. The van der Waals surface area contributed by atoms with Gasteiger partial charge in [-0.3, -0.25) is 20.0 Å². The lowest BCUT2D eigenvalue weighted by Crippen LogP contribution is -2.36. The van der Waals surface area contributed by atoms with E-state index in [1.165, 1.54) is 41.4 Å². The van der Waals surface area contributed by atoms with Gasteiger partial charge in [0.25, 0.3) is 6.47 Å². The van der Waals surface area contributed by atoms with Crippen LogP contribution < -0.4 is 15.8 Å². The minimum atomic E-state index is -0.243. The van der Waals surface area contributed by atoms with Crippen molar-refractivity contribution in [2.75, 3.05) is 51.5 Å². The van der Waals surface area contributed by atoms with Gasteiger partial charge in [0.05, 0.1) is 37.3 Å². The average molecular weight is 624 g/mol. The van der Waals surface area contributed by atoms with Crippen LogP contribution in [0.4, 0.5) is 5.69 Å². The fourth-order valence-electron chi connectivity index (χ4n) is 5.84. The second-order valence-electron chi connectivity index (χ2n) is 12.2. The van der Waals surface area contributed by atoms with Gasteiger partial charge in [0.2, 0.25) is 6.41 Å². The molecule has 10 nitrogen and oxygen atoms in total. The molecule has 1 aromatic carbocycles. The maximum atomic E-state index is 11.0. The van der Waals surface area contributed by atoms with Crippen molar-refractivity contribution in [3.8, 4) is 11.3 Å². The van der Waals surface area contributed by atoms with Crippen molar-refractivity contribution in [3.63, 3.8) is 0 Å². The first-order valence-electron chi connectivity index (χ1n) is 16.2. The number of nitrogens with zero attached hydrogens (tertiary/aromatic N) is 3. The van der Waals surface area contributed by atoms with E-state index in [0.717, 1.165) is 69.2 Å². The first-order valence-corrected chi connectivity index (χ1v) is 16.2. The van der Waals surface area contributed by atoms with Gasteiger partial charge in [-0.2, -0.15) is 0 Å². The summed E-state index contributed by atoms with van der Waals surface area (Å²) in [5.74, 6) is 0. The number of aromatic nitrogens is 2. The molecule has 0 aliphatic carbocycles. The molecule has 248 valence electrons. The van der Waals surface area contributed by atoms with E-state index in [1.54, 1.807) is 7.11 Å². The molecule has 3 heterocycles. The van der Waals surface area contributed by atoms with Gasteiger partial charge in [-0.1, -0.05) is 40.0 Å². The molecular formula is C35H53N5O5. The van der Waals surface area contributed by atoms with Gasteiger partial charge in [0, 0.05) is 67.1 Å². The van der Waals surface area contributed by atoms with E-state index in [0.29, 0.717) is 19.5 Å². The highest BCUT2D eigenvalue weighted by molar-refractivity contribution is 5.94. The van der Waals surface area contributed by atoms with E-state index in [4.69, 9.17) is 19.2 Å². The number of anilines is 1. The van der Waals surface area contributed by atoms with Crippen molar-refractivity contribution in [2.45, 2.75) is 79.4 Å². The molecule has 2 aromatic heterocycles. The molecule has 0 bridgehead atoms. The van der Waals surface area contributed by atoms with E-state index in [1.807, 2.05) is 19.2 Å². The number of pyridine rings is 1. The van der Waals surface area contributed by atoms with Crippen LogP contribution in [0.2, 0.25) is 0 Å². The molecule has 1 fully saturated rings. The predicted octanol–water partition coefficient (Wildman–Crippen LogP) is 5.83. The SMILES string of the molecule is CCCCCCNNC=O.CCn1c(-c2cccnc2C(C)OC)c(CC(C)(C)COC=O)c2cc(N3CCOCC3)ccc21. The van der Waals surface area contributed by atoms with Crippen molar-refractivity contribution in [3.05, 3.63) is 47.8 Å². The number of rotatable bonds is 17. The Morgan fingerprint density at radius 3 is 2.56 bits per heavy atom. The number of morpholine rings is 1. The topological polar surface area (TPSA) is 107 Å². The van der Waals surface area contributed by atoms with Crippen LogP contribution >= 0.6 is 0 Å². The Balaban J connectivity index is 0.000000477. The molecule has 0 spiro atoms. The third-order valence-corrected chi connectivity index (χ3v) is 8.19. The standard InChI is InChI=1S/C28H37N3O4.C7H16N2O/c1-6-31-25-10-9-21(30-12-14-34-15-13-30)16-23(25)24(17-28(3,4)18-35-19-32)27(31)22-8-7-11-29-26(22)20(2)33-5;1-2-3-4-5-6-8-9-7-10/h7-11,16,19-20H,6,12-15,17-18H2,1-5H3;7-8H,2-6H2,1H3,(H,9,10). The molecule has 45 heavy (non-hydrogen) atoms. The van der Waals surface area contributed by atoms with E-state index in [2.05, 4.69) is 72.3 Å². The highest BCUT2D eigenvalue weighted by atomic mass is 16.5. The third-order valence-electron chi connectivity index (χ3n) is 8.19. The molecule has 1 aliphatic rings. The number of carbonyl (C=O) groups is 2. The zero-order valence-corrected chi connectivity index (χ0v) is 28.1. The highest BCUT2D eigenvalue weighted by Crippen LogP contribution is 2.41. The third kappa shape index (κ3) is 10.0. The molecule has 0 saturated carbocycles. The van der Waals surface area contributed by atoms with Gasteiger partial charge in [-0.05, 0) is 62.6 Å². The number of ether oxygens (including phenoxy) is 3. The molecular weight excluding hydrogens is 570 g/mol. The van der Waals surface area contributed by atoms with E-state index >= 15 is 0 Å². The molecule has 1 amide bonds. The summed E-state index contributed by atoms with van der Waals surface area (Å²) in [7, 11) is 1.72. The van der Waals surface area contributed by atoms with E-state index < -0.39 is 0 Å². The Kier molecular flexibility index (Phi) is 14.8. The normalized spacial score (nSPS) is 14.0. The minimum absolute atomic E-state index is 0.141. The Morgan fingerprint density at radius 1 is 1.11 bits per heavy atom. The van der Waals surface area contributed by atoms with Crippen LogP contribution in [0.15, 0.2) is 36.5 Å². The molecule has 10 heteroatoms. The van der Waals surface area contributed by atoms with Crippen molar-refractivity contribution in [1.82, 2.24) is 20.4 Å². The lowest BCUT2D eigenvalue weighted by Gasteiger charge is -2.29. The predicted molar refractivity (Wildman–Crippen MR) is 180 cm³/mol. The molecule has 1 saturated heterocycles. The van der Waals surface area contributed by atoms with Crippen LogP contribution in [0, 0.1) is 5.41 Å². The molecule has 2 N–H and O–H groups in total. The number of hydrogen-bond acceptors (Lipinski definition) is 8. The molecule has 0 radical (unpaired) electrons. The molecule has 1 aliphatic heterocycles. The largest absolute Gasteiger partial charge is 0.467 e. The van der Waals surface area contributed by atoms with Gasteiger partial charge in [-0.25, -0.2) is 5.43 Å².